The van der Waals surface area contributed by atoms with Crippen LogP contribution in [-0.2, 0) is 6.54 Å². The number of nitrogens with one attached hydrogen (secondary N) is 2. The third-order valence-electron chi connectivity index (χ3n) is 3.88. The molecule has 1 heterocycles. The highest BCUT2D eigenvalue weighted by atomic mass is 35.5. The van der Waals surface area contributed by atoms with Crippen LogP contribution in [0.5, 0.6) is 0 Å². The molecular formula is C16H20ClN5O. The average Bonchev–Trinajstić information content (AvgIpc) is 3.23. The van der Waals surface area contributed by atoms with E-state index in [2.05, 4.69) is 25.8 Å². The Morgan fingerprint density at radius 2 is 2.22 bits per heavy atom. The third-order valence-corrected chi connectivity index (χ3v) is 4.11. The molecule has 6 nitrogen and oxygen atoms in total. The van der Waals surface area contributed by atoms with Gasteiger partial charge in [-0.25, -0.2) is 0 Å². The van der Waals surface area contributed by atoms with Crippen molar-refractivity contribution in [2.24, 2.45) is 4.99 Å². The van der Waals surface area contributed by atoms with Crippen LogP contribution in [-0.4, -0.2) is 29.2 Å². The summed E-state index contributed by atoms with van der Waals surface area (Å²) in [6.07, 6.45) is 4.95. The molecule has 0 unspecified atom stereocenters. The fourth-order valence-electron chi connectivity index (χ4n) is 2.69. The van der Waals surface area contributed by atoms with Crippen LogP contribution in [0, 0.1) is 0 Å². The molecule has 1 aliphatic rings. The van der Waals surface area contributed by atoms with E-state index in [0.29, 0.717) is 29.3 Å². The molecule has 23 heavy (non-hydrogen) atoms. The van der Waals surface area contributed by atoms with Crippen LogP contribution in [0.15, 0.2) is 33.8 Å². The number of rotatable bonds is 4. The summed E-state index contributed by atoms with van der Waals surface area (Å²) in [4.78, 5) is 8.61. The third kappa shape index (κ3) is 4.22. The van der Waals surface area contributed by atoms with Crippen molar-refractivity contribution >= 4 is 17.6 Å². The van der Waals surface area contributed by atoms with Gasteiger partial charge in [0.15, 0.2) is 5.96 Å². The van der Waals surface area contributed by atoms with E-state index in [1.807, 2.05) is 24.3 Å². The Kier molecular flexibility index (Phi) is 5.12. The molecule has 2 N–H and O–H groups in total. The van der Waals surface area contributed by atoms with E-state index in [0.717, 1.165) is 11.5 Å². The largest absolute Gasteiger partial charge is 0.354 e. The zero-order valence-electron chi connectivity index (χ0n) is 13.1. The molecule has 122 valence electrons. The number of hydrogen-bond donors (Lipinski definition) is 2. The van der Waals surface area contributed by atoms with Crippen LogP contribution in [0.25, 0.3) is 11.4 Å². The SMILES string of the molecule is CN=C(NCc1nc(-c2cccc(Cl)c2)no1)NC1CCCC1. The van der Waals surface area contributed by atoms with Gasteiger partial charge < -0.3 is 15.2 Å². The summed E-state index contributed by atoms with van der Waals surface area (Å²) in [6.45, 7) is 0.431. The first kappa shape index (κ1) is 15.8. The maximum absolute atomic E-state index is 5.98. The number of benzene rings is 1. The molecule has 7 heteroatoms. The lowest BCUT2D eigenvalue weighted by atomic mass is 10.2. The van der Waals surface area contributed by atoms with Crippen molar-refractivity contribution in [3.63, 3.8) is 0 Å². The van der Waals surface area contributed by atoms with Crippen molar-refractivity contribution in [2.45, 2.75) is 38.3 Å². The summed E-state index contributed by atoms with van der Waals surface area (Å²) < 4.78 is 5.27. The predicted molar refractivity (Wildman–Crippen MR) is 90.3 cm³/mol. The minimum Gasteiger partial charge on any atom is -0.354 e. The molecule has 0 radical (unpaired) electrons. The van der Waals surface area contributed by atoms with Crippen LogP contribution in [0.1, 0.15) is 31.6 Å². The van der Waals surface area contributed by atoms with Gasteiger partial charge in [0, 0.05) is 23.7 Å². The number of aliphatic imine (C=N–C) groups is 1. The normalized spacial score (nSPS) is 15.8. The van der Waals surface area contributed by atoms with E-state index in [1.165, 1.54) is 25.7 Å². The highest BCUT2D eigenvalue weighted by molar-refractivity contribution is 6.30. The van der Waals surface area contributed by atoms with Gasteiger partial charge in [0.25, 0.3) is 0 Å². The molecule has 0 bridgehead atoms. The Bertz CT molecular complexity index is 679. The second-order valence-corrected chi connectivity index (χ2v) is 6.01. The molecule has 1 fully saturated rings. The Balaban J connectivity index is 1.58. The maximum atomic E-state index is 5.98. The van der Waals surface area contributed by atoms with Crippen LogP contribution in [0.4, 0.5) is 0 Å². The van der Waals surface area contributed by atoms with Gasteiger partial charge in [-0.15, -0.1) is 0 Å². The molecule has 0 atom stereocenters. The number of nitrogens with zero attached hydrogens (tertiary/aromatic N) is 3. The molecular weight excluding hydrogens is 314 g/mol. The maximum Gasteiger partial charge on any atom is 0.246 e. The fourth-order valence-corrected chi connectivity index (χ4v) is 2.88. The summed E-state index contributed by atoms with van der Waals surface area (Å²) in [5.74, 6) is 1.80. The minimum atomic E-state index is 0.431. The smallest absolute Gasteiger partial charge is 0.246 e. The molecule has 2 aromatic rings. The molecule has 1 aromatic heterocycles. The van der Waals surface area contributed by atoms with E-state index >= 15 is 0 Å². The van der Waals surface area contributed by atoms with Crippen molar-refractivity contribution in [3.8, 4) is 11.4 Å². The molecule has 1 aromatic carbocycles. The minimum absolute atomic E-state index is 0.431. The van der Waals surface area contributed by atoms with Crippen LogP contribution in [0.2, 0.25) is 5.02 Å². The van der Waals surface area contributed by atoms with Crippen molar-refractivity contribution in [2.75, 3.05) is 7.05 Å². The number of aromatic nitrogens is 2. The van der Waals surface area contributed by atoms with Crippen molar-refractivity contribution in [1.29, 1.82) is 0 Å². The topological polar surface area (TPSA) is 75.3 Å². The summed E-state index contributed by atoms with van der Waals surface area (Å²) in [7, 11) is 1.76. The Hall–Kier alpha value is -2.08. The van der Waals surface area contributed by atoms with Gasteiger partial charge in [-0.05, 0) is 25.0 Å². The number of halogens is 1. The van der Waals surface area contributed by atoms with Gasteiger partial charge in [0.2, 0.25) is 11.7 Å². The highest BCUT2D eigenvalue weighted by Crippen LogP contribution is 2.20. The molecule has 0 amide bonds. The van der Waals surface area contributed by atoms with Crippen LogP contribution in [0.3, 0.4) is 0 Å². The molecule has 1 saturated carbocycles. The van der Waals surface area contributed by atoms with Crippen molar-refractivity contribution < 1.29 is 4.52 Å². The second kappa shape index (κ2) is 7.46. The molecule has 0 aliphatic heterocycles. The van der Waals surface area contributed by atoms with Crippen LogP contribution < -0.4 is 10.6 Å². The zero-order valence-corrected chi connectivity index (χ0v) is 13.8. The summed E-state index contributed by atoms with van der Waals surface area (Å²) in [6, 6.07) is 7.88. The fraction of sp³-hybridized carbons (Fsp3) is 0.438. The van der Waals surface area contributed by atoms with E-state index in [9.17, 15) is 0 Å². The number of guanidine groups is 1. The Labute approximate surface area is 140 Å². The molecule has 0 spiro atoms. The van der Waals surface area contributed by atoms with Crippen molar-refractivity contribution in [3.05, 3.63) is 35.2 Å². The first-order valence-corrected chi connectivity index (χ1v) is 8.18. The lowest BCUT2D eigenvalue weighted by Crippen LogP contribution is -2.41. The standard InChI is InChI=1S/C16H20ClN5O/c1-18-16(20-13-7-2-3-8-13)19-10-14-21-15(22-23-14)11-5-4-6-12(17)9-11/h4-6,9,13H,2-3,7-8,10H2,1H3,(H2,18,19,20). The van der Waals surface area contributed by atoms with E-state index in [-0.39, 0.29) is 0 Å². The highest BCUT2D eigenvalue weighted by Gasteiger charge is 2.16. The van der Waals surface area contributed by atoms with Gasteiger partial charge in [-0.3, -0.25) is 4.99 Å². The van der Waals surface area contributed by atoms with Gasteiger partial charge in [0.05, 0.1) is 6.54 Å². The van der Waals surface area contributed by atoms with E-state index in [1.54, 1.807) is 7.05 Å². The lowest BCUT2D eigenvalue weighted by molar-refractivity contribution is 0.375. The van der Waals surface area contributed by atoms with Gasteiger partial charge in [0.1, 0.15) is 0 Å². The van der Waals surface area contributed by atoms with E-state index in [4.69, 9.17) is 16.1 Å². The van der Waals surface area contributed by atoms with Crippen LogP contribution >= 0.6 is 11.6 Å². The molecule has 0 saturated heterocycles. The van der Waals surface area contributed by atoms with Crippen molar-refractivity contribution in [1.82, 2.24) is 20.8 Å². The summed E-state index contributed by atoms with van der Waals surface area (Å²) >= 11 is 5.98. The molecule has 3 rings (SSSR count). The zero-order chi connectivity index (χ0) is 16.1. The Morgan fingerprint density at radius 3 is 2.96 bits per heavy atom. The van der Waals surface area contributed by atoms with Gasteiger partial charge in [-0.2, -0.15) is 4.98 Å². The van der Waals surface area contributed by atoms with E-state index < -0.39 is 0 Å². The molecule has 1 aliphatic carbocycles. The first-order chi connectivity index (χ1) is 11.2. The number of hydrogen-bond acceptors (Lipinski definition) is 4. The summed E-state index contributed by atoms with van der Waals surface area (Å²) in [5.41, 5.74) is 0.834. The average molecular weight is 334 g/mol. The monoisotopic (exact) mass is 333 g/mol. The van der Waals surface area contributed by atoms with Gasteiger partial charge in [-0.1, -0.05) is 41.7 Å². The lowest BCUT2D eigenvalue weighted by Gasteiger charge is -2.15. The Morgan fingerprint density at radius 1 is 1.39 bits per heavy atom. The summed E-state index contributed by atoms with van der Waals surface area (Å²) in [5, 5.41) is 11.3. The van der Waals surface area contributed by atoms with Gasteiger partial charge >= 0.3 is 0 Å². The first-order valence-electron chi connectivity index (χ1n) is 7.80. The predicted octanol–water partition coefficient (Wildman–Crippen LogP) is 3.00. The quantitative estimate of drug-likeness (QED) is 0.664. The second-order valence-electron chi connectivity index (χ2n) is 5.57.